The van der Waals surface area contributed by atoms with Crippen molar-refractivity contribution in [3.8, 4) is 0 Å². The van der Waals surface area contributed by atoms with Crippen molar-refractivity contribution < 1.29 is 4.21 Å². The summed E-state index contributed by atoms with van der Waals surface area (Å²) in [4.78, 5) is 4.10. The normalized spacial score (nSPS) is 12.5. The maximum absolute atomic E-state index is 12.3. The first kappa shape index (κ1) is 13.7. The lowest BCUT2D eigenvalue weighted by atomic mass is 10.3. The molecule has 2 rings (SSSR count). The summed E-state index contributed by atoms with van der Waals surface area (Å²) in [6.07, 6.45) is 2.48. The van der Waals surface area contributed by atoms with E-state index < -0.39 is 10.8 Å². The van der Waals surface area contributed by atoms with Crippen LogP contribution in [0.25, 0.3) is 0 Å². The van der Waals surface area contributed by atoms with Gasteiger partial charge in [0.25, 0.3) is 0 Å². The third-order valence-corrected chi connectivity index (χ3v) is 4.20. The number of hydrogen-bond acceptors (Lipinski definition) is 4. The molecule has 0 aliphatic carbocycles. The second-order valence-corrected chi connectivity index (χ2v) is 5.55. The molecule has 0 bridgehead atoms. The van der Waals surface area contributed by atoms with Crippen molar-refractivity contribution in [1.82, 2.24) is 14.8 Å². The van der Waals surface area contributed by atoms with Crippen LogP contribution in [-0.4, -0.2) is 19.0 Å². The molecule has 102 valence electrons. The molecule has 0 amide bonds. The van der Waals surface area contributed by atoms with Gasteiger partial charge in [0.15, 0.2) is 0 Å². The lowest BCUT2D eigenvalue weighted by Crippen LogP contribution is -2.08. The van der Waals surface area contributed by atoms with Crippen LogP contribution in [-0.2, 0) is 29.5 Å². The zero-order valence-electron chi connectivity index (χ0n) is 11.2. The minimum Gasteiger partial charge on any atom is -0.396 e. The van der Waals surface area contributed by atoms with E-state index in [1.54, 1.807) is 18.3 Å². The number of pyridine rings is 1. The van der Waals surface area contributed by atoms with Crippen LogP contribution < -0.4 is 5.73 Å². The highest BCUT2D eigenvalue weighted by Gasteiger charge is 2.14. The molecule has 0 aliphatic heterocycles. The summed E-state index contributed by atoms with van der Waals surface area (Å²) >= 11 is 0. The minimum atomic E-state index is -1.24. The summed E-state index contributed by atoms with van der Waals surface area (Å²) in [5.41, 5.74) is 8.25. The van der Waals surface area contributed by atoms with E-state index in [1.165, 1.54) is 0 Å². The average Bonchev–Trinajstić information content (AvgIpc) is 2.81. The zero-order chi connectivity index (χ0) is 13.8. The smallest absolute Gasteiger partial charge is 0.150 e. The van der Waals surface area contributed by atoms with Crippen LogP contribution in [0.1, 0.15) is 25.2 Å². The Morgan fingerprint density at radius 3 is 2.84 bits per heavy atom. The maximum atomic E-state index is 12.3. The Morgan fingerprint density at radius 1 is 1.42 bits per heavy atom. The van der Waals surface area contributed by atoms with E-state index in [1.807, 2.05) is 17.7 Å². The minimum absolute atomic E-state index is 0.391. The first-order valence-electron chi connectivity index (χ1n) is 6.30. The van der Waals surface area contributed by atoms with Crippen molar-refractivity contribution in [2.24, 2.45) is 0 Å². The largest absolute Gasteiger partial charge is 0.396 e. The second kappa shape index (κ2) is 5.97. The van der Waals surface area contributed by atoms with Gasteiger partial charge in [-0.05, 0) is 31.5 Å². The number of nitrogens with zero attached hydrogens (tertiary/aromatic N) is 3. The second-order valence-electron chi connectivity index (χ2n) is 4.18. The van der Waals surface area contributed by atoms with Gasteiger partial charge < -0.3 is 5.73 Å². The molecule has 0 aromatic carbocycles. The number of hydrogen-bond donors (Lipinski definition) is 1. The molecule has 0 saturated carbocycles. The number of nitrogens with two attached hydrogens (primary N) is 1. The highest BCUT2D eigenvalue weighted by molar-refractivity contribution is 7.84. The number of anilines is 1. The molecule has 5 nitrogen and oxygen atoms in total. The average molecular weight is 278 g/mol. The van der Waals surface area contributed by atoms with E-state index in [2.05, 4.69) is 17.0 Å². The number of rotatable bonds is 5. The molecule has 1 atom stereocenters. The molecule has 0 aliphatic rings. The van der Waals surface area contributed by atoms with Gasteiger partial charge in [-0.25, -0.2) is 4.98 Å². The lowest BCUT2D eigenvalue weighted by Gasteiger charge is -2.06. The lowest BCUT2D eigenvalue weighted by molar-refractivity contribution is 0.623. The van der Waals surface area contributed by atoms with Crippen molar-refractivity contribution in [1.29, 1.82) is 0 Å². The van der Waals surface area contributed by atoms with Gasteiger partial charge in [0.05, 0.1) is 33.6 Å². The highest BCUT2D eigenvalue weighted by atomic mass is 32.2. The molecule has 2 N–H and O–H groups in total. The predicted octanol–water partition coefficient (Wildman–Crippen LogP) is 1.75. The van der Waals surface area contributed by atoms with Gasteiger partial charge in [0.1, 0.15) is 5.03 Å². The third kappa shape index (κ3) is 3.01. The van der Waals surface area contributed by atoms with Gasteiger partial charge in [-0.3, -0.25) is 8.89 Å². The third-order valence-electron chi connectivity index (χ3n) is 2.87. The predicted molar refractivity (Wildman–Crippen MR) is 76.0 cm³/mol. The Labute approximate surface area is 115 Å². The van der Waals surface area contributed by atoms with Crippen LogP contribution in [0.2, 0.25) is 0 Å². The summed E-state index contributed by atoms with van der Waals surface area (Å²) in [6, 6.07) is 5.46. The van der Waals surface area contributed by atoms with Crippen LogP contribution >= 0.6 is 0 Å². The van der Waals surface area contributed by atoms with Gasteiger partial charge in [-0.1, -0.05) is 6.92 Å². The summed E-state index contributed by atoms with van der Waals surface area (Å²) in [5.74, 6) is 0.391. The molecular formula is C13H18N4OS. The van der Waals surface area contributed by atoms with Crippen LogP contribution in [0.5, 0.6) is 0 Å². The van der Waals surface area contributed by atoms with Gasteiger partial charge >= 0.3 is 0 Å². The molecule has 0 radical (unpaired) electrons. The quantitative estimate of drug-likeness (QED) is 0.904. The maximum Gasteiger partial charge on any atom is 0.150 e. The van der Waals surface area contributed by atoms with Crippen molar-refractivity contribution >= 4 is 16.5 Å². The molecule has 19 heavy (non-hydrogen) atoms. The van der Waals surface area contributed by atoms with Crippen LogP contribution in [0.15, 0.2) is 29.4 Å². The molecule has 1 unspecified atom stereocenters. The van der Waals surface area contributed by atoms with Crippen molar-refractivity contribution in [3.05, 3.63) is 35.8 Å². The summed E-state index contributed by atoms with van der Waals surface area (Å²) in [6.45, 7) is 4.85. The first-order valence-corrected chi connectivity index (χ1v) is 7.62. The molecule has 6 heteroatoms. The molecule has 2 aromatic rings. The first-order chi connectivity index (χ1) is 9.15. The Hall–Kier alpha value is -1.69. The van der Waals surface area contributed by atoms with Gasteiger partial charge in [-0.15, -0.1) is 0 Å². The molecular weight excluding hydrogens is 260 g/mol. The zero-order valence-corrected chi connectivity index (χ0v) is 12.0. The standard InChI is InChI=1S/C13H18N4OS/c1-3-10-8-11(17(4-2)16-10)9-19(18)13-12(14)6-5-7-15-13/h5-8H,3-4,9,14H2,1-2H3. The van der Waals surface area contributed by atoms with Gasteiger partial charge in [0, 0.05) is 12.7 Å². The van der Waals surface area contributed by atoms with Crippen molar-refractivity contribution in [3.63, 3.8) is 0 Å². The van der Waals surface area contributed by atoms with E-state index >= 15 is 0 Å². The molecule has 2 heterocycles. The Bertz CT molecular complexity index is 594. The number of nitrogen functional groups attached to an aromatic ring is 1. The van der Waals surface area contributed by atoms with E-state index in [0.29, 0.717) is 16.5 Å². The van der Waals surface area contributed by atoms with E-state index in [9.17, 15) is 4.21 Å². The van der Waals surface area contributed by atoms with E-state index in [0.717, 1.165) is 24.4 Å². The van der Waals surface area contributed by atoms with E-state index in [4.69, 9.17) is 5.73 Å². The fraction of sp³-hybridized carbons (Fsp3) is 0.385. The van der Waals surface area contributed by atoms with Crippen molar-refractivity contribution in [2.75, 3.05) is 5.73 Å². The molecule has 0 spiro atoms. The summed E-state index contributed by atoms with van der Waals surface area (Å²) < 4.78 is 14.2. The highest BCUT2D eigenvalue weighted by Crippen LogP contribution is 2.17. The number of aromatic nitrogens is 3. The van der Waals surface area contributed by atoms with Crippen LogP contribution in [0.4, 0.5) is 5.69 Å². The monoisotopic (exact) mass is 278 g/mol. The summed E-state index contributed by atoms with van der Waals surface area (Å²) in [5, 5.41) is 4.90. The summed E-state index contributed by atoms with van der Waals surface area (Å²) in [7, 11) is -1.24. The van der Waals surface area contributed by atoms with Crippen molar-refractivity contribution in [2.45, 2.75) is 37.6 Å². The SMILES string of the molecule is CCc1cc(CS(=O)c2ncccc2N)n(CC)n1. The Morgan fingerprint density at radius 2 is 2.21 bits per heavy atom. The fourth-order valence-electron chi connectivity index (χ4n) is 1.87. The number of aryl methyl sites for hydroxylation is 2. The molecule has 0 fully saturated rings. The fourth-order valence-corrected chi connectivity index (χ4v) is 3.02. The molecule has 2 aromatic heterocycles. The van der Waals surface area contributed by atoms with Crippen LogP contribution in [0, 0.1) is 0 Å². The molecule has 0 saturated heterocycles. The van der Waals surface area contributed by atoms with Gasteiger partial charge in [0.2, 0.25) is 0 Å². The Balaban J connectivity index is 2.24. The Kier molecular flexibility index (Phi) is 4.31. The van der Waals surface area contributed by atoms with Gasteiger partial charge in [-0.2, -0.15) is 5.10 Å². The van der Waals surface area contributed by atoms with E-state index in [-0.39, 0.29) is 0 Å². The van der Waals surface area contributed by atoms with Crippen LogP contribution in [0.3, 0.4) is 0 Å². The topological polar surface area (TPSA) is 73.8 Å².